The van der Waals surface area contributed by atoms with Crippen molar-refractivity contribution < 1.29 is 14.6 Å². The lowest BCUT2D eigenvalue weighted by Crippen LogP contribution is -2.33. The van der Waals surface area contributed by atoms with Crippen LogP contribution in [0.1, 0.15) is 20.3 Å². The predicted octanol–water partition coefficient (Wildman–Crippen LogP) is 1.63. The maximum absolute atomic E-state index is 11.7. The second kappa shape index (κ2) is 8.43. The molecule has 3 N–H and O–H groups in total. The Morgan fingerprint density at radius 1 is 1.35 bits per heavy atom. The van der Waals surface area contributed by atoms with E-state index in [4.69, 9.17) is 4.74 Å². The van der Waals surface area contributed by atoms with Gasteiger partial charge in [-0.3, -0.25) is 4.79 Å². The summed E-state index contributed by atoms with van der Waals surface area (Å²) in [4.78, 5) is 11.7. The Labute approximate surface area is 120 Å². The Kier molecular flexibility index (Phi) is 6.87. The molecule has 0 aliphatic carbocycles. The number of rotatable bonds is 8. The molecule has 1 aromatic rings. The molecule has 1 rings (SSSR count). The Hall–Kier alpha value is -1.75. The van der Waals surface area contributed by atoms with Crippen LogP contribution in [0.5, 0.6) is 5.75 Å². The van der Waals surface area contributed by atoms with Crippen LogP contribution in [0.3, 0.4) is 0 Å². The number of anilines is 1. The Balaban J connectivity index is 2.33. The molecule has 1 aromatic carbocycles. The summed E-state index contributed by atoms with van der Waals surface area (Å²) in [6, 6.07) is 7.46. The third-order valence-corrected chi connectivity index (χ3v) is 2.94. The second-order valence-corrected chi connectivity index (χ2v) is 5.05. The summed E-state index contributed by atoms with van der Waals surface area (Å²) in [5.74, 6) is 0.890. The van der Waals surface area contributed by atoms with E-state index in [1.807, 2.05) is 31.2 Å². The van der Waals surface area contributed by atoms with Crippen molar-refractivity contribution in [1.29, 1.82) is 0 Å². The van der Waals surface area contributed by atoms with E-state index in [1.165, 1.54) is 0 Å². The fourth-order valence-electron chi connectivity index (χ4n) is 1.98. The van der Waals surface area contributed by atoms with Gasteiger partial charge in [-0.25, -0.2) is 0 Å². The molecule has 0 bridgehead atoms. The van der Waals surface area contributed by atoms with Gasteiger partial charge in [-0.2, -0.15) is 0 Å². The summed E-state index contributed by atoms with van der Waals surface area (Å²) in [5, 5.41) is 15.1. The molecular weight excluding hydrogens is 256 g/mol. The van der Waals surface area contributed by atoms with Crippen molar-refractivity contribution >= 4 is 11.6 Å². The van der Waals surface area contributed by atoms with E-state index in [9.17, 15) is 9.90 Å². The number of hydrogen-bond donors (Lipinski definition) is 3. The minimum absolute atomic E-state index is 0.0756. The van der Waals surface area contributed by atoms with Gasteiger partial charge in [0, 0.05) is 6.54 Å². The van der Waals surface area contributed by atoms with Crippen molar-refractivity contribution in [2.75, 3.05) is 25.5 Å². The number of amides is 1. The lowest BCUT2D eigenvalue weighted by atomic mass is 10.1. The van der Waals surface area contributed by atoms with Crippen LogP contribution in [-0.4, -0.2) is 37.3 Å². The first kappa shape index (κ1) is 16.3. The highest BCUT2D eigenvalue weighted by Gasteiger charge is 2.09. The minimum Gasteiger partial charge on any atom is -0.495 e. The fraction of sp³-hybridized carbons (Fsp3) is 0.533. The van der Waals surface area contributed by atoms with Gasteiger partial charge in [0.1, 0.15) is 5.75 Å². The van der Waals surface area contributed by atoms with E-state index in [-0.39, 0.29) is 24.5 Å². The predicted molar refractivity (Wildman–Crippen MR) is 80.0 cm³/mol. The summed E-state index contributed by atoms with van der Waals surface area (Å²) in [5.41, 5.74) is 0.794. The monoisotopic (exact) mass is 280 g/mol. The van der Waals surface area contributed by atoms with Gasteiger partial charge in [-0.15, -0.1) is 0 Å². The summed E-state index contributed by atoms with van der Waals surface area (Å²) >= 11 is 0. The summed E-state index contributed by atoms with van der Waals surface area (Å²) in [6.07, 6.45) is 0.342. The van der Waals surface area contributed by atoms with Crippen molar-refractivity contribution in [3.8, 4) is 5.75 Å². The number of carbonyl (C=O) groups excluding carboxylic acids is 1. The van der Waals surface area contributed by atoms with Crippen molar-refractivity contribution in [3.05, 3.63) is 24.3 Å². The lowest BCUT2D eigenvalue weighted by molar-refractivity contribution is -0.119. The number of carbonyl (C=O) groups is 1. The molecule has 5 nitrogen and oxygen atoms in total. The molecule has 5 heteroatoms. The van der Waals surface area contributed by atoms with Gasteiger partial charge in [-0.1, -0.05) is 19.1 Å². The zero-order valence-electron chi connectivity index (χ0n) is 12.3. The number of aliphatic hydroxyl groups excluding tert-OH is 1. The van der Waals surface area contributed by atoms with Crippen LogP contribution in [0.15, 0.2) is 24.3 Å². The first-order valence-electron chi connectivity index (χ1n) is 6.84. The molecule has 0 fully saturated rings. The van der Waals surface area contributed by atoms with E-state index in [0.29, 0.717) is 18.7 Å². The Morgan fingerprint density at radius 3 is 2.70 bits per heavy atom. The third-order valence-electron chi connectivity index (χ3n) is 2.94. The first-order chi connectivity index (χ1) is 9.52. The van der Waals surface area contributed by atoms with Crippen LogP contribution in [0.25, 0.3) is 0 Å². The highest BCUT2D eigenvalue weighted by Crippen LogP contribution is 2.22. The van der Waals surface area contributed by atoms with Gasteiger partial charge in [0.15, 0.2) is 0 Å². The quantitative estimate of drug-likeness (QED) is 0.677. The van der Waals surface area contributed by atoms with Gasteiger partial charge < -0.3 is 20.5 Å². The van der Waals surface area contributed by atoms with E-state index in [2.05, 4.69) is 10.6 Å². The van der Waals surface area contributed by atoms with Crippen molar-refractivity contribution in [3.63, 3.8) is 0 Å². The molecule has 0 aliphatic rings. The topological polar surface area (TPSA) is 70.6 Å². The smallest absolute Gasteiger partial charge is 0.239 e. The van der Waals surface area contributed by atoms with Crippen molar-refractivity contribution in [1.82, 2.24) is 5.32 Å². The van der Waals surface area contributed by atoms with E-state index in [0.717, 1.165) is 5.69 Å². The SMILES string of the molecule is COc1ccccc1NCC(=O)NCC(C)CC(C)O. The normalized spacial score (nSPS) is 13.4. The zero-order chi connectivity index (χ0) is 15.0. The first-order valence-corrected chi connectivity index (χ1v) is 6.84. The molecule has 0 aliphatic heterocycles. The molecule has 112 valence electrons. The van der Waals surface area contributed by atoms with Crippen LogP contribution >= 0.6 is 0 Å². The second-order valence-electron chi connectivity index (χ2n) is 5.05. The number of methoxy groups -OCH3 is 1. The Bertz CT molecular complexity index is 421. The highest BCUT2D eigenvalue weighted by atomic mass is 16.5. The standard InChI is InChI=1S/C15H24N2O3/c1-11(8-12(2)18)9-17-15(19)10-16-13-6-4-5-7-14(13)20-3/h4-7,11-12,16,18H,8-10H2,1-3H3,(H,17,19). The molecule has 0 spiro atoms. The molecule has 0 radical (unpaired) electrons. The number of ether oxygens (including phenoxy) is 1. The third kappa shape index (κ3) is 5.93. The largest absolute Gasteiger partial charge is 0.495 e. The number of nitrogens with one attached hydrogen (secondary N) is 2. The van der Waals surface area contributed by atoms with Crippen LogP contribution in [0.4, 0.5) is 5.69 Å². The average molecular weight is 280 g/mol. The van der Waals surface area contributed by atoms with Crippen molar-refractivity contribution in [2.45, 2.75) is 26.4 Å². The molecule has 2 unspecified atom stereocenters. The van der Waals surface area contributed by atoms with Crippen LogP contribution in [0, 0.1) is 5.92 Å². The maximum atomic E-state index is 11.7. The number of aliphatic hydroxyl groups is 1. The highest BCUT2D eigenvalue weighted by molar-refractivity contribution is 5.81. The van der Waals surface area contributed by atoms with Crippen molar-refractivity contribution in [2.24, 2.45) is 5.92 Å². The molecule has 20 heavy (non-hydrogen) atoms. The van der Waals surface area contributed by atoms with E-state index in [1.54, 1.807) is 14.0 Å². The number of hydrogen-bond acceptors (Lipinski definition) is 4. The summed E-state index contributed by atoms with van der Waals surface area (Å²) < 4.78 is 5.20. The average Bonchev–Trinajstić information content (AvgIpc) is 2.42. The number of benzene rings is 1. The van der Waals surface area contributed by atoms with E-state index < -0.39 is 0 Å². The molecule has 2 atom stereocenters. The Morgan fingerprint density at radius 2 is 2.05 bits per heavy atom. The van der Waals surface area contributed by atoms with Gasteiger partial charge >= 0.3 is 0 Å². The number of para-hydroxylation sites is 2. The van der Waals surface area contributed by atoms with Gasteiger partial charge in [0.25, 0.3) is 0 Å². The van der Waals surface area contributed by atoms with Crippen LogP contribution in [0.2, 0.25) is 0 Å². The molecule has 0 heterocycles. The molecule has 0 aromatic heterocycles. The molecule has 0 saturated heterocycles. The summed E-state index contributed by atoms with van der Waals surface area (Å²) in [6.45, 7) is 4.52. The van der Waals surface area contributed by atoms with Gasteiger partial charge in [-0.05, 0) is 31.4 Å². The lowest BCUT2D eigenvalue weighted by Gasteiger charge is -2.15. The van der Waals surface area contributed by atoms with E-state index >= 15 is 0 Å². The minimum atomic E-state index is -0.339. The zero-order valence-corrected chi connectivity index (χ0v) is 12.3. The van der Waals surface area contributed by atoms with Gasteiger partial charge in [0.2, 0.25) is 5.91 Å². The fourth-order valence-corrected chi connectivity index (χ4v) is 1.98. The molecular formula is C15H24N2O3. The maximum Gasteiger partial charge on any atom is 0.239 e. The summed E-state index contributed by atoms with van der Waals surface area (Å²) in [7, 11) is 1.60. The molecule has 1 amide bonds. The molecule has 0 saturated carbocycles. The van der Waals surface area contributed by atoms with Gasteiger partial charge in [0.05, 0.1) is 25.4 Å². The van der Waals surface area contributed by atoms with Crippen LogP contribution in [-0.2, 0) is 4.79 Å². The van der Waals surface area contributed by atoms with Crippen LogP contribution < -0.4 is 15.4 Å².